The lowest BCUT2D eigenvalue weighted by Gasteiger charge is -2.60. The minimum Gasteiger partial charge on any atom is -0.494 e. The van der Waals surface area contributed by atoms with Gasteiger partial charge in [-0.05, 0) is 111 Å². The lowest BCUT2D eigenvalue weighted by molar-refractivity contribution is -0.231. The highest BCUT2D eigenvalue weighted by Crippen LogP contribution is 2.70. The van der Waals surface area contributed by atoms with Gasteiger partial charge < -0.3 is 14.6 Å². The summed E-state index contributed by atoms with van der Waals surface area (Å²) < 4.78 is 11.8. The van der Waals surface area contributed by atoms with Crippen molar-refractivity contribution in [3.63, 3.8) is 0 Å². The van der Waals surface area contributed by atoms with Crippen LogP contribution in [0.15, 0.2) is 66.2 Å². The van der Waals surface area contributed by atoms with Crippen LogP contribution in [-0.2, 0) is 22.6 Å². The van der Waals surface area contributed by atoms with Gasteiger partial charge in [-0.25, -0.2) is 0 Å². The van der Waals surface area contributed by atoms with Crippen molar-refractivity contribution < 1.29 is 19.4 Å². The third-order valence-corrected chi connectivity index (χ3v) is 12.3. The Bertz CT molecular complexity index is 1280. The summed E-state index contributed by atoms with van der Waals surface area (Å²) in [4.78, 5) is 13.5. The largest absolute Gasteiger partial charge is 0.494 e. The van der Waals surface area contributed by atoms with E-state index in [9.17, 15) is 9.90 Å². The van der Waals surface area contributed by atoms with E-state index in [2.05, 4.69) is 50.3 Å². The lowest BCUT2D eigenvalue weighted by Crippen LogP contribution is -2.55. The van der Waals surface area contributed by atoms with Crippen LogP contribution in [-0.4, -0.2) is 23.3 Å². The average Bonchev–Trinajstić information content (AvgIpc) is 3.27. The van der Waals surface area contributed by atoms with E-state index >= 15 is 0 Å². The molecule has 41 heavy (non-hydrogen) atoms. The third-order valence-electron chi connectivity index (χ3n) is 12.3. The first-order valence-electron chi connectivity index (χ1n) is 16.0. The van der Waals surface area contributed by atoms with E-state index in [4.69, 9.17) is 9.47 Å². The molecule has 0 heterocycles. The Morgan fingerprint density at radius 1 is 0.927 bits per heavy atom. The van der Waals surface area contributed by atoms with Gasteiger partial charge in [0.25, 0.3) is 0 Å². The normalized spacial score (nSPS) is 37.9. The number of carbonyl (C=O) groups is 1. The zero-order valence-corrected chi connectivity index (χ0v) is 25.5. The maximum absolute atomic E-state index is 13.5. The number of ether oxygens (including phenoxy) is 2. The summed E-state index contributed by atoms with van der Waals surface area (Å²) in [6.45, 7) is 9.81. The molecular weight excluding hydrogens is 508 g/mol. The fourth-order valence-electron chi connectivity index (χ4n) is 9.88. The predicted molar refractivity (Wildman–Crippen MR) is 162 cm³/mol. The van der Waals surface area contributed by atoms with Crippen LogP contribution in [0.25, 0.3) is 0 Å². The zero-order valence-electron chi connectivity index (χ0n) is 25.5. The van der Waals surface area contributed by atoms with Gasteiger partial charge in [-0.1, -0.05) is 68.0 Å². The van der Waals surface area contributed by atoms with Crippen LogP contribution in [0.2, 0.25) is 0 Å². The summed E-state index contributed by atoms with van der Waals surface area (Å²) in [7, 11) is 0. The quantitative estimate of drug-likeness (QED) is 0.264. The van der Waals surface area contributed by atoms with Crippen LogP contribution >= 0.6 is 0 Å². The molecule has 6 rings (SSSR count). The first-order valence-corrected chi connectivity index (χ1v) is 16.0. The van der Waals surface area contributed by atoms with E-state index in [1.54, 1.807) is 0 Å². The second-order valence-electron chi connectivity index (χ2n) is 14.0. The Labute approximate surface area is 246 Å². The van der Waals surface area contributed by atoms with Gasteiger partial charge in [0.05, 0.1) is 13.2 Å². The summed E-state index contributed by atoms with van der Waals surface area (Å²) in [6, 6.07) is 18.6. The molecule has 3 saturated carbocycles. The van der Waals surface area contributed by atoms with Gasteiger partial charge in [0.15, 0.2) is 5.79 Å². The fourth-order valence-corrected chi connectivity index (χ4v) is 9.88. The van der Waals surface area contributed by atoms with Crippen molar-refractivity contribution in [3.8, 4) is 5.75 Å². The van der Waals surface area contributed by atoms with Gasteiger partial charge in [0.2, 0.25) is 0 Å². The number of hydrogen-bond donors (Lipinski definition) is 1. The fraction of sp³-hybridized carbons (Fsp3) is 0.595. The van der Waals surface area contributed by atoms with E-state index < -0.39 is 5.79 Å². The number of benzene rings is 2. The van der Waals surface area contributed by atoms with E-state index in [-0.39, 0.29) is 16.2 Å². The summed E-state index contributed by atoms with van der Waals surface area (Å²) in [5, 5.41) is 11.6. The highest BCUT2D eigenvalue weighted by Gasteiger charge is 2.65. The number of carbonyl (C=O) groups excluding carboxylic acids is 1. The Hall–Kier alpha value is -2.43. The van der Waals surface area contributed by atoms with Crippen LogP contribution < -0.4 is 4.74 Å². The molecule has 3 fully saturated rings. The van der Waals surface area contributed by atoms with Gasteiger partial charge in [-0.15, -0.1) is 0 Å². The first-order chi connectivity index (χ1) is 19.6. The number of fused-ring (bicyclic) bond motifs is 5. The standard InChI is InChI=1S/C37H48O4/c1-5-40-30-14-11-28(12-15-30)25-41-37(39)22-21-34(3)29(24-37)13-16-31-32(34)17-19-35(4)33(31)18-20-36(35,26(2)38)23-27-9-7-6-8-10-27/h6-15,31-33,39H,5,16-25H2,1-4H3. The highest BCUT2D eigenvalue weighted by molar-refractivity contribution is 5.84. The van der Waals surface area contributed by atoms with E-state index in [0.29, 0.717) is 49.6 Å². The van der Waals surface area contributed by atoms with Crippen molar-refractivity contribution in [3.05, 3.63) is 77.4 Å². The third kappa shape index (κ3) is 4.79. The van der Waals surface area contributed by atoms with Crippen LogP contribution in [0.3, 0.4) is 0 Å². The molecule has 4 heteroatoms. The van der Waals surface area contributed by atoms with E-state index in [1.165, 1.54) is 17.6 Å². The molecule has 0 spiro atoms. The van der Waals surface area contributed by atoms with Crippen LogP contribution in [0.4, 0.5) is 0 Å². The van der Waals surface area contributed by atoms with Gasteiger partial charge in [0.1, 0.15) is 11.5 Å². The molecule has 0 aliphatic heterocycles. The molecular formula is C37H48O4. The molecule has 0 bridgehead atoms. The van der Waals surface area contributed by atoms with Gasteiger partial charge in [0, 0.05) is 18.3 Å². The molecule has 7 atom stereocenters. The maximum Gasteiger partial charge on any atom is 0.169 e. The van der Waals surface area contributed by atoms with E-state index in [0.717, 1.165) is 49.8 Å². The predicted octanol–water partition coefficient (Wildman–Crippen LogP) is 8.07. The van der Waals surface area contributed by atoms with Crippen molar-refractivity contribution in [1.82, 2.24) is 0 Å². The SMILES string of the molecule is CCOc1ccc(COC2(O)CCC3(C)C(=CCC4C3CCC3(C)C4CCC3(Cc3ccccc3)C(C)=O)C2)cc1. The van der Waals surface area contributed by atoms with Crippen LogP contribution in [0.5, 0.6) is 5.75 Å². The lowest BCUT2D eigenvalue weighted by atomic mass is 9.44. The highest BCUT2D eigenvalue weighted by atomic mass is 16.6. The number of aliphatic hydroxyl groups is 1. The Morgan fingerprint density at radius 3 is 2.37 bits per heavy atom. The van der Waals surface area contributed by atoms with Crippen molar-refractivity contribution >= 4 is 5.78 Å². The number of Topliss-reactive ketones (excluding diaryl/α,β-unsaturated/α-hetero) is 1. The van der Waals surface area contributed by atoms with Crippen LogP contribution in [0.1, 0.15) is 90.2 Å². The zero-order chi connectivity index (χ0) is 28.9. The van der Waals surface area contributed by atoms with Crippen molar-refractivity contribution in [2.24, 2.45) is 34.0 Å². The molecule has 4 aliphatic carbocycles. The summed E-state index contributed by atoms with van der Waals surface area (Å²) >= 11 is 0. The number of allylic oxidation sites excluding steroid dienone is 1. The topological polar surface area (TPSA) is 55.8 Å². The molecule has 0 saturated heterocycles. The first kappa shape index (κ1) is 28.7. The average molecular weight is 557 g/mol. The minimum atomic E-state index is -1.12. The van der Waals surface area contributed by atoms with Gasteiger partial charge in [-0.2, -0.15) is 0 Å². The molecule has 0 radical (unpaired) electrons. The summed E-state index contributed by atoms with van der Waals surface area (Å²) in [5.41, 5.74) is 3.60. The van der Waals surface area contributed by atoms with Gasteiger partial charge in [-0.3, -0.25) is 4.79 Å². The smallest absolute Gasteiger partial charge is 0.169 e. The number of rotatable bonds is 8. The van der Waals surface area contributed by atoms with Crippen LogP contribution in [0, 0.1) is 34.0 Å². The molecule has 4 nitrogen and oxygen atoms in total. The second-order valence-corrected chi connectivity index (χ2v) is 14.0. The Balaban J connectivity index is 1.19. The maximum atomic E-state index is 13.5. The number of ketones is 1. The van der Waals surface area contributed by atoms with Gasteiger partial charge >= 0.3 is 0 Å². The molecule has 7 unspecified atom stereocenters. The molecule has 0 amide bonds. The monoisotopic (exact) mass is 556 g/mol. The van der Waals surface area contributed by atoms with E-state index in [1.807, 2.05) is 38.1 Å². The van der Waals surface area contributed by atoms with Crippen molar-refractivity contribution in [2.75, 3.05) is 6.61 Å². The van der Waals surface area contributed by atoms with Crippen molar-refractivity contribution in [1.29, 1.82) is 0 Å². The second kappa shape index (κ2) is 10.7. The molecule has 220 valence electrons. The molecule has 4 aliphatic rings. The molecule has 1 N–H and O–H groups in total. The molecule has 2 aromatic rings. The summed E-state index contributed by atoms with van der Waals surface area (Å²) in [6.07, 6.45) is 11.0. The molecule has 2 aromatic carbocycles. The Morgan fingerprint density at radius 2 is 1.66 bits per heavy atom. The summed E-state index contributed by atoms with van der Waals surface area (Å²) in [5.74, 6) is 1.91. The Kier molecular flexibility index (Phi) is 7.47. The number of hydrogen-bond acceptors (Lipinski definition) is 4. The van der Waals surface area contributed by atoms with Crippen molar-refractivity contribution in [2.45, 2.75) is 97.9 Å². The molecule has 0 aromatic heterocycles. The minimum absolute atomic E-state index is 0.0355.